The van der Waals surface area contributed by atoms with Crippen molar-refractivity contribution in [1.29, 1.82) is 0 Å². The summed E-state index contributed by atoms with van der Waals surface area (Å²) < 4.78 is 0. The van der Waals surface area contributed by atoms with Crippen LogP contribution in [0.1, 0.15) is 12.8 Å². The summed E-state index contributed by atoms with van der Waals surface area (Å²) in [6, 6.07) is -0.520. The van der Waals surface area contributed by atoms with Crippen LogP contribution in [0.5, 0.6) is 0 Å². The van der Waals surface area contributed by atoms with Crippen LogP contribution in [0.4, 0.5) is 4.79 Å². The first-order valence-corrected chi connectivity index (χ1v) is 4.59. The number of carbonyl (C=O) groups is 1. The topological polar surface area (TPSA) is 64.6 Å². The Morgan fingerprint density at radius 2 is 2.46 bits per heavy atom. The van der Waals surface area contributed by atoms with E-state index in [1.807, 2.05) is 0 Å². The molecule has 1 fully saturated rings. The number of nitrogens with zero attached hydrogens (tertiary/aromatic N) is 1. The Balaban J connectivity index is 2.17. The first-order valence-electron chi connectivity index (χ1n) is 4.59. The van der Waals surface area contributed by atoms with Crippen LogP contribution in [0.15, 0.2) is 0 Å². The van der Waals surface area contributed by atoms with E-state index in [0.29, 0.717) is 12.5 Å². The van der Waals surface area contributed by atoms with Crippen molar-refractivity contribution in [3.05, 3.63) is 0 Å². The molecule has 0 saturated carbocycles. The van der Waals surface area contributed by atoms with Crippen LogP contribution in [0.3, 0.4) is 0 Å². The summed E-state index contributed by atoms with van der Waals surface area (Å²) in [4.78, 5) is 12.9. The maximum absolute atomic E-state index is 10.7. The van der Waals surface area contributed by atoms with Crippen LogP contribution < -0.4 is 10.8 Å². The van der Waals surface area contributed by atoms with Crippen molar-refractivity contribution in [1.82, 2.24) is 15.7 Å². The van der Waals surface area contributed by atoms with Crippen LogP contribution in [-0.4, -0.2) is 42.8 Å². The highest BCUT2D eigenvalue weighted by Gasteiger charge is 2.17. The zero-order valence-electron chi connectivity index (χ0n) is 7.92. The Labute approximate surface area is 78.1 Å². The highest BCUT2D eigenvalue weighted by molar-refractivity contribution is 5.72. The first kappa shape index (κ1) is 10.3. The minimum atomic E-state index is -0.520. The molecule has 1 atom stereocenters. The zero-order valence-corrected chi connectivity index (χ0v) is 7.92. The number of urea groups is 1. The van der Waals surface area contributed by atoms with E-state index in [-0.39, 0.29) is 0 Å². The molecule has 0 aromatic carbocycles. The number of rotatable bonds is 2. The molecular formula is C8H17N3O2. The first-order chi connectivity index (χ1) is 6.22. The Bertz CT molecular complexity index is 175. The van der Waals surface area contributed by atoms with Gasteiger partial charge in [0.05, 0.1) is 0 Å². The molecule has 0 aromatic rings. The van der Waals surface area contributed by atoms with Gasteiger partial charge in [0.1, 0.15) is 0 Å². The largest absolute Gasteiger partial charge is 0.338 e. The molecule has 13 heavy (non-hydrogen) atoms. The molecule has 0 spiro atoms. The molecule has 1 aliphatic rings. The van der Waals surface area contributed by atoms with Gasteiger partial charge in [-0.05, 0) is 32.4 Å². The maximum atomic E-state index is 10.7. The second-order valence-corrected chi connectivity index (χ2v) is 3.59. The normalized spacial score (nSPS) is 24.0. The number of hydrogen-bond donors (Lipinski definition) is 3. The van der Waals surface area contributed by atoms with Gasteiger partial charge in [-0.1, -0.05) is 0 Å². The molecule has 5 heteroatoms. The molecule has 1 rings (SSSR count). The third kappa shape index (κ3) is 3.61. The molecule has 3 N–H and O–H groups in total. The number of hydrogen-bond acceptors (Lipinski definition) is 3. The van der Waals surface area contributed by atoms with E-state index in [0.717, 1.165) is 19.5 Å². The summed E-state index contributed by atoms with van der Waals surface area (Å²) in [7, 11) is 2.08. The predicted octanol–water partition coefficient (Wildman–Crippen LogP) is 0.0166. The summed E-state index contributed by atoms with van der Waals surface area (Å²) in [6.45, 7) is 2.80. The molecule has 76 valence electrons. The van der Waals surface area contributed by atoms with Crippen LogP contribution in [0, 0.1) is 5.92 Å². The predicted molar refractivity (Wildman–Crippen MR) is 48.5 cm³/mol. The number of hydroxylamine groups is 1. The Morgan fingerprint density at radius 1 is 1.69 bits per heavy atom. The fourth-order valence-electron chi connectivity index (χ4n) is 1.72. The van der Waals surface area contributed by atoms with Gasteiger partial charge in [0.2, 0.25) is 0 Å². The molecule has 2 amide bonds. The molecular weight excluding hydrogens is 170 g/mol. The lowest BCUT2D eigenvalue weighted by molar-refractivity contribution is 0.156. The van der Waals surface area contributed by atoms with Crippen molar-refractivity contribution in [2.75, 3.05) is 26.7 Å². The molecule has 1 heterocycles. The van der Waals surface area contributed by atoms with E-state index < -0.39 is 6.03 Å². The van der Waals surface area contributed by atoms with E-state index >= 15 is 0 Å². The SMILES string of the molecule is CN1CCCC(CNC(=O)NO)C1. The van der Waals surface area contributed by atoms with E-state index in [9.17, 15) is 4.79 Å². The van der Waals surface area contributed by atoms with E-state index in [4.69, 9.17) is 5.21 Å². The monoisotopic (exact) mass is 187 g/mol. The number of nitrogens with one attached hydrogen (secondary N) is 2. The molecule has 1 aliphatic heterocycles. The van der Waals surface area contributed by atoms with Crippen molar-refractivity contribution in [3.63, 3.8) is 0 Å². The molecule has 1 saturated heterocycles. The van der Waals surface area contributed by atoms with Crippen LogP contribution >= 0.6 is 0 Å². The fourth-order valence-corrected chi connectivity index (χ4v) is 1.72. The summed E-state index contributed by atoms with van der Waals surface area (Å²) in [6.07, 6.45) is 2.33. The van der Waals surface area contributed by atoms with Gasteiger partial charge in [0, 0.05) is 13.1 Å². The van der Waals surface area contributed by atoms with Crippen LogP contribution in [-0.2, 0) is 0 Å². The lowest BCUT2D eigenvalue weighted by atomic mass is 9.99. The Morgan fingerprint density at radius 3 is 3.08 bits per heavy atom. The number of amides is 2. The van der Waals surface area contributed by atoms with E-state index in [1.54, 1.807) is 5.48 Å². The molecule has 0 aromatic heterocycles. The van der Waals surface area contributed by atoms with Gasteiger partial charge in [-0.15, -0.1) is 0 Å². The Kier molecular flexibility index (Phi) is 3.98. The highest BCUT2D eigenvalue weighted by Crippen LogP contribution is 2.13. The summed E-state index contributed by atoms with van der Waals surface area (Å²) in [5.41, 5.74) is 1.55. The van der Waals surface area contributed by atoms with Gasteiger partial charge in [0.15, 0.2) is 0 Å². The van der Waals surface area contributed by atoms with Gasteiger partial charge in [-0.25, -0.2) is 10.3 Å². The van der Waals surface area contributed by atoms with Crippen LogP contribution in [0.25, 0.3) is 0 Å². The van der Waals surface area contributed by atoms with Gasteiger partial charge < -0.3 is 10.2 Å². The van der Waals surface area contributed by atoms with Crippen molar-refractivity contribution in [3.8, 4) is 0 Å². The number of piperidine rings is 1. The highest BCUT2D eigenvalue weighted by atomic mass is 16.5. The third-order valence-corrected chi connectivity index (χ3v) is 2.37. The third-order valence-electron chi connectivity index (χ3n) is 2.37. The summed E-state index contributed by atoms with van der Waals surface area (Å²) in [5.74, 6) is 0.510. The molecule has 1 unspecified atom stereocenters. The Hall–Kier alpha value is -0.810. The second-order valence-electron chi connectivity index (χ2n) is 3.59. The molecule has 0 aliphatic carbocycles. The minimum absolute atomic E-state index is 0.510. The average molecular weight is 187 g/mol. The van der Waals surface area contributed by atoms with Crippen molar-refractivity contribution in [2.45, 2.75) is 12.8 Å². The number of carbonyl (C=O) groups excluding carboxylic acids is 1. The van der Waals surface area contributed by atoms with Crippen molar-refractivity contribution in [2.24, 2.45) is 5.92 Å². The van der Waals surface area contributed by atoms with Gasteiger partial charge >= 0.3 is 6.03 Å². The van der Waals surface area contributed by atoms with Crippen molar-refractivity contribution >= 4 is 6.03 Å². The standard InChI is InChI=1S/C8H17N3O2/c1-11-4-2-3-7(6-11)5-9-8(12)10-13/h7,13H,2-6H2,1H3,(H2,9,10,12). The zero-order chi connectivity index (χ0) is 9.68. The lowest BCUT2D eigenvalue weighted by Gasteiger charge is -2.29. The number of likely N-dealkylation sites (tertiary alicyclic amines) is 1. The molecule has 0 bridgehead atoms. The summed E-state index contributed by atoms with van der Waals surface area (Å²) in [5, 5.41) is 10.8. The molecule has 5 nitrogen and oxygen atoms in total. The lowest BCUT2D eigenvalue weighted by Crippen LogP contribution is -2.41. The fraction of sp³-hybridized carbons (Fsp3) is 0.875. The van der Waals surface area contributed by atoms with Gasteiger partial charge in [-0.3, -0.25) is 5.21 Å². The maximum Gasteiger partial charge on any atom is 0.338 e. The minimum Gasteiger partial charge on any atom is -0.336 e. The quantitative estimate of drug-likeness (QED) is 0.421. The van der Waals surface area contributed by atoms with E-state index in [2.05, 4.69) is 17.3 Å². The van der Waals surface area contributed by atoms with E-state index in [1.165, 1.54) is 6.42 Å². The molecule has 0 radical (unpaired) electrons. The van der Waals surface area contributed by atoms with Crippen molar-refractivity contribution < 1.29 is 10.0 Å². The smallest absolute Gasteiger partial charge is 0.336 e. The average Bonchev–Trinajstić information content (AvgIpc) is 2.14. The second kappa shape index (κ2) is 5.04. The van der Waals surface area contributed by atoms with Gasteiger partial charge in [0.25, 0.3) is 0 Å². The van der Waals surface area contributed by atoms with Gasteiger partial charge in [-0.2, -0.15) is 0 Å². The van der Waals surface area contributed by atoms with Crippen LogP contribution in [0.2, 0.25) is 0 Å². The summed E-state index contributed by atoms with van der Waals surface area (Å²) >= 11 is 0.